The number of fused-ring (bicyclic) bond motifs is 2. The van der Waals surface area contributed by atoms with Gasteiger partial charge in [-0.1, -0.05) is 0 Å². The van der Waals surface area contributed by atoms with Crippen LogP contribution in [0.1, 0.15) is 25.7 Å². The van der Waals surface area contributed by atoms with Crippen molar-refractivity contribution in [2.24, 2.45) is 29.4 Å². The molecule has 0 heterocycles. The summed E-state index contributed by atoms with van der Waals surface area (Å²) < 4.78 is 4.84. The summed E-state index contributed by atoms with van der Waals surface area (Å²) in [6, 6.07) is 0. The molecule has 2 N–H and O–H groups in total. The average molecular weight is 197 g/mol. The quantitative estimate of drug-likeness (QED) is 0.676. The van der Waals surface area contributed by atoms with Gasteiger partial charge in [-0.25, -0.2) is 0 Å². The third-order valence-corrected chi connectivity index (χ3v) is 4.11. The number of methoxy groups -OCH3 is 1. The van der Waals surface area contributed by atoms with E-state index >= 15 is 0 Å². The smallest absolute Gasteiger partial charge is 0.308 e. The highest BCUT2D eigenvalue weighted by atomic mass is 16.5. The molecule has 0 saturated heterocycles. The number of esters is 1. The van der Waals surface area contributed by atoms with E-state index in [0.29, 0.717) is 17.8 Å². The van der Waals surface area contributed by atoms with Crippen molar-refractivity contribution in [3.8, 4) is 0 Å². The van der Waals surface area contributed by atoms with Crippen molar-refractivity contribution in [2.75, 3.05) is 13.7 Å². The van der Waals surface area contributed by atoms with E-state index in [1.807, 2.05) is 0 Å². The first-order chi connectivity index (χ1) is 6.76. The van der Waals surface area contributed by atoms with Crippen LogP contribution >= 0.6 is 0 Å². The summed E-state index contributed by atoms with van der Waals surface area (Å²) in [5, 5.41) is 0. The van der Waals surface area contributed by atoms with E-state index in [1.165, 1.54) is 20.0 Å². The van der Waals surface area contributed by atoms with Gasteiger partial charge in [-0.15, -0.1) is 0 Å². The Hall–Kier alpha value is -0.570. The lowest BCUT2D eigenvalue weighted by Gasteiger charge is -2.27. The lowest BCUT2D eigenvalue weighted by Crippen LogP contribution is -2.25. The molecule has 2 aliphatic rings. The third kappa shape index (κ3) is 1.54. The summed E-state index contributed by atoms with van der Waals surface area (Å²) in [5.41, 5.74) is 5.73. The van der Waals surface area contributed by atoms with E-state index in [0.717, 1.165) is 19.4 Å². The molecule has 14 heavy (non-hydrogen) atoms. The number of carbonyl (C=O) groups excluding carboxylic acids is 1. The first-order valence-electron chi connectivity index (χ1n) is 5.54. The number of carbonyl (C=O) groups is 1. The molecular weight excluding hydrogens is 178 g/mol. The molecule has 0 aromatic rings. The molecule has 0 aromatic heterocycles. The van der Waals surface area contributed by atoms with Gasteiger partial charge in [-0.3, -0.25) is 4.79 Å². The molecule has 2 aliphatic carbocycles. The monoisotopic (exact) mass is 197 g/mol. The minimum Gasteiger partial charge on any atom is -0.469 e. The number of nitrogens with two attached hydrogens (primary N) is 1. The SMILES string of the molecule is COC(=O)[C@H]1C[C@@H]2C[C@H]1CC[C@@H]2CN. The van der Waals surface area contributed by atoms with Gasteiger partial charge in [0.2, 0.25) is 0 Å². The summed E-state index contributed by atoms with van der Waals surface area (Å²) >= 11 is 0. The van der Waals surface area contributed by atoms with Crippen LogP contribution in [0.5, 0.6) is 0 Å². The topological polar surface area (TPSA) is 52.3 Å². The Morgan fingerprint density at radius 2 is 2.14 bits per heavy atom. The Bertz CT molecular complexity index is 229. The second-order valence-corrected chi connectivity index (χ2v) is 4.69. The Morgan fingerprint density at radius 3 is 2.79 bits per heavy atom. The predicted molar refractivity (Wildman–Crippen MR) is 53.5 cm³/mol. The minimum absolute atomic E-state index is 0.00447. The molecule has 2 fully saturated rings. The van der Waals surface area contributed by atoms with Crippen molar-refractivity contribution in [3.05, 3.63) is 0 Å². The summed E-state index contributed by atoms with van der Waals surface area (Å²) in [7, 11) is 1.49. The van der Waals surface area contributed by atoms with Gasteiger partial charge in [0.1, 0.15) is 0 Å². The average Bonchev–Trinajstić information content (AvgIpc) is 2.56. The van der Waals surface area contributed by atoms with Crippen LogP contribution in [0.25, 0.3) is 0 Å². The molecule has 3 nitrogen and oxygen atoms in total. The lowest BCUT2D eigenvalue weighted by atomic mass is 9.79. The second-order valence-electron chi connectivity index (χ2n) is 4.69. The Balaban J connectivity index is 2.03. The van der Waals surface area contributed by atoms with Gasteiger partial charge in [-0.05, 0) is 50.0 Å². The number of rotatable bonds is 2. The van der Waals surface area contributed by atoms with Crippen LogP contribution < -0.4 is 5.73 Å². The number of hydrogen-bond acceptors (Lipinski definition) is 3. The van der Waals surface area contributed by atoms with Crippen molar-refractivity contribution in [3.63, 3.8) is 0 Å². The fourth-order valence-electron chi connectivity index (χ4n) is 3.29. The minimum atomic E-state index is -0.00447. The molecule has 0 unspecified atom stereocenters. The van der Waals surface area contributed by atoms with Crippen LogP contribution in [0.2, 0.25) is 0 Å². The molecule has 2 saturated carbocycles. The standard InChI is InChI=1S/C11H19NO2/c1-14-11(13)10-5-9-4-7(10)2-3-8(9)6-12/h7-10H,2-6,12H2,1H3/t7-,8-,9+,10+/m1/s1. The van der Waals surface area contributed by atoms with E-state index in [9.17, 15) is 4.79 Å². The van der Waals surface area contributed by atoms with Crippen molar-refractivity contribution >= 4 is 5.97 Å². The highest BCUT2D eigenvalue weighted by Gasteiger charge is 2.44. The fraction of sp³-hybridized carbons (Fsp3) is 0.909. The molecule has 80 valence electrons. The maximum atomic E-state index is 11.5. The zero-order valence-electron chi connectivity index (χ0n) is 8.74. The van der Waals surface area contributed by atoms with Crippen LogP contribution in [0, 0.1) is 23.7 Å². The summed E-state index contributed by atoms with van der Waals surface area (Å²) in [6.07, 6.45) is 4.58. The molecule has 0 aromatic carbocycles. The molecule has 0 amide bonds. The summed E-state index contributed by atoms with van der Waals surface area (Å²) in [6.45, 7) is 0.783. The van der Waals surface area contributed by atoms with E-state index in [1.54, 1.807) is 0 Å². The van der Waals surface area contributed by atoms with Crippen LogP contribution in [-0.4, -0.2) is 19.6 Å². The van der Waals surface area contributed by atoms with Crippen molar-refractivity contribution in [1.82, 2.24) is 0 Å². The maximum Gasteiger partial charge on any atom is 0.308 e. The highest BCUT2D eigenvalue weighted by Crippen LogP contribution is 2.48. The molecule has 0 spiro atoms. The summed E-state index contributed by atoms with van der Waals surface area (Å²) in [5.74, 6) is 2.08. The van der Waals surface area contributed by atoms with Crippen LogP contribution in [0.4, 0.5) is 0 Å². The molecule has 4 atom stereocenters. The second kappa shape index (κ2) is 3.89. The lowest BCUT2D eigenvalue weighted by molar-refractivity contribution is -0.146. The largest absolute Gasteiger partial charge is 0.469 e. The fourth-order valence-corrected chi connectivity index (χ4v) is 3.29. The number of hydrogen-bond donors (Lipinski definition) is 1. The van der Waals surface area contributed by atoms with Crippen molar-refractivity contribution in [1.29, 1.82) is 0 Å². The molecule has 0 aliphatic heterocycles. The maximum absolute atomic E-state index is 11.5. The first-order valence-corrected chi connectivity index (χ1v) is 5.54. The van der Waals surface area contributed by atoms with E-state index in [2.05, 4.69) is 0 Å². The molecule has 2 bridgehead atoms. The van der Waals surface area contributed by atoms with Crippen LogP contribution in [0.15, 0.2) is 0 Å². The molecule has 0 radical (unpaired) electrons. The Labute approximate surface area is 85.0 Å². The summed E-state index contributed by atoms with van der Waals surface area (Å²) in [4.78, 5) is 11.5. The molecule has 2 rings (SSSR count). The Morgan fingerprint density at radius 1 is 1.36 bits per heavy atom. The molecular formula is C11H19NO2. The van der Waals surface area contributed by atoms with Gasteiger partial charge in [0.05, 0.1) is 13.0 Å². The zero-order chi connectivity index (χ0) is 10.1. The third-order valence-electron chi connectivity index (χ3n) is 4.11. The van der Waals surface area contributed by atoms with Crippen LogP contribution in [-0.2, 0) is 9.53 Å². The Kier molecular flexibility index (Phi) is 2.77. The van der Waals surface area contributed by atoms with Gasteiger partial charge in [-0.2, -0.15) is 0 Å². The molecule has 3 heteroatoms. The van der Waals surface area contributed by atoms with E-state index in [-0.39, 0.29) is 11.9 Å². The van der Waals surface area contributed by atoms with E-state index in [4.69, 9.17) is 10.5 Å². The van der Waals surface area contributed by atoms with Crippen molar-refractivity contribution in [2.45, 2.75) is 25.7 Å². The van der Waals surface area contributed by atoms with Gasteiger partial charge >= 0.3 is 5.97 Å². The van der Waals surface area contributed by atoms with Gasteiger partial charge < -0.3 is 10.5 Å². The predicted octanol–water partition coefficient (Wildman–Crippen LogP) is 1.17. The highest BCUT2D eigenvalue weighted by molar-refractivity contribution is 5.73. The van der Waals surface area contributed by atoms with Gasteiger partial charge in [0.25, 0.3) is 0 Å². The number of ether oxygens (including phenoxy) is 1. The van der Waals surface area contributed by atoms with Gasteiger partial charge in [0, 0.05) is 0 Å². The van der Waals surface area contributed by atoms with Crippen molar-refractivity contribution < 1.29 is 9.53 Å². The van der Waals surface area contributed by atoms with E-state index < -0.39 is 0 Å². The van der Waals surface area contributed by atoms with Gasteiger partial charge in [0.15, 0.2) is 0 Å². The zero-order valence-corrected chi connectivity index (χ0v) is 8.74. The normalized spacial score (nSPS) is 41.0. The van der Waals surface area contributed by atoms with Crippen LogP contribution in [0.3, 0.4) is 0 Å². The first kappa shape index (κ1) is 9.97.